The van der Waals surface area contributed by atoms with Gasteiger partial charge in [0.15, 0.2) is 11.5 Å². The van der Waals surface area contributed by atoms with Crippen molar-refractivity contribution in [2.75, 3.05) is 20.0 Å². The third-order valence-corrected chi connectivity index (χ3v) is 4.74. The number of nitrogens with zero attached hydrogens (tertiary/aromatic N) is 2. The van der Waals surface area contributed by atoms with Gasteiger partial charge in [-0.15, -0.1) is 0 Å². The van der Waals surface area contributed by atoms with Crippen LogP contribution in [0.4, 0.5) is 5.95 Å². The fourth-order valence-corrected chi connectivity index (χ4v) is 3.76. The van der Waals surface area contributed by atoms with Crippen LogP contribution in [-0.2, 0) is 0 Å². The number of rotatable bonds is 3. The Morgan fingerprint density at radius 2 is 1.57 bits per heavy atom. The molecule has 0 saturated heterocycles. The Bertz CT molecular complexity index is 880. The Hall–Kier alpha value is -1.86. The molecular weight excluding hydrogens is 426 g/mol. The van der Waals surface area contributed by atoms with E-state index in [1.807, 2.05) is 24.3 Å². The van der Waals surface area contributed by atoms with E-state index in [1.54, 1.807) is 20.3 Å². The maximum atomic E-state index is 5.90. The molecule has 0 radical (unpaired) electrons. The molecule has 1 aromatic heterocycles. The zero-order chi connectivity index (χ0) is 16.6. The van der Waals surface area contributed by atoms with Crippen molar-refractivity contribution in [3.05, 3.63) is 39.3 Å². The molecule has 0 spiro atoms. The number of anilines is 1. The van der Waals surface area contributed by atoms with Crippen molar-refractivity contribution in [1.82, 2.24) is 9.97 Å². The molecule has 118 valence electrons. The van der Waals surface area contributed by atoms with Gasteiger partial charge in [0.2, 0.25) is 5.95 Å². The van der Waals surface area contributed by atoms with Gasteiger partial charge in [-0.1, -0.05) is 37.9 Å². The van der Waals surface area contributed by atoms with E-state index < -0.39 is 0 Å². The number of benzene rings is 2. The Kier molecular flexibility index (Phi) is 4.41. The highest BCUT2D eigenvalue weighted by molar-refractivity contribution is 9.11. The first-order valence-corrected chi connectivity index (χ1v) is 8.27. The van der Waals surface area contributed by atoms with Gasteiger partial charge in [-0.3, -0.25) is 0 Å². The normalized spacial score (nSPS) is 10.8. The molecular formula is C16H13Br2N3O2. The van der Waals surface area contributed by atoms with Gasteiger partial charge in [-0.05, 0) is 18.2 Å². The average molecular weight is 439 g/mol. The van der Waals surface area contributed by atoms with E-state index in [0.29, 0.717) is 22.7 Å². The maximum absolute atomic E-state index is 5.90. The van der Waals surface area contributed by atoms with E-state index in [2.05, 4.69) is 41.8 Å². The summed E-state index contributed by atoms with van der Waals surface area (Å²) in [6.07, 6.45) is 0. The van der Waals surface area contributed by atoms with Crippen molar-refractivity contribution >= 4 is 48.7 Å². The number of fused-ring (bicyclic) bond motifs is 1. The Morgan fingerprint density at radius 1 is 0.957 bits per heavy atom. The zero-order valence-electron chi connectivity index (χ0n) is 12.4. The maximum Gasteiger partial charge on any atom is 0.221 e. The SMILES string of the molecule is COc1cc2nc(N)nc(-c3c(Br)cccc3Br)c2cc1OC. The van der Waals surface area contributed by atoms with Gasteiger partial charge in [0.1, 0.15) is 0 Å². The first kappa shape index (κ1) is 16.0. The second kappa shape index (κ2) is 6.33. The van der Waals surface area contributed by atoms with E-state index in [1.165, 1.54) is 0 Å². The average Bonchev–Trinajstić information content (AvgIpc) is 2.53. The van der Waals surface area contributed by atoms with Crippen LogP contribution in [0.2, 0.25) is 0 Å². The van der Waals surface area contributed by atoms with E-state index in [9.17, 15) is 0 Å². The number of methoxy groups -OCH3 is 2. The topological polar surface area (TPSA) is 70.3 Å². The molecule has 0 atom stereocenters. The van der Waals surface area contributed by atoms with Gasteiger partial charge in [-0.25, -0.2) is 9.97 Å². The lowest BCUT2D eigenvalue weighted by Crippen LogP contribution is -2.00. The summed E-state index contributed by atoms with van der Waals surface area (Å²) in [5, 5.41) is 0.824. The van der Waals surface area contributed by atoms with E-state index in [0.717, 1.165) is 19.9 Å². The van der Waals surface area contributed by atoms with Crippen LogP contribution in [-0.4, -0.2) is 24.2 Å². The van der Waals surface area contributed by atoms with Crippen molar-refractivity contribution in [1.29, 1.82) is 0 Å². The van der Waals surface area contributed by atoms with Crippen molar-refractivity contribution in [3.8, 4) is 22.8 Å². The van der Waals surface area contributed by atoms with Crippen LogP contribution in [0.15, 0.2) is 39.3 Å². The number of aromatic nitrogens is 2. The fraction of sp³-hybridized carbons (Fsp3) is 0.125. The first-order valence-electron chi connectivity index (χ1n) is 6.68. The number of ether oxygens (including phenoxy) is 2. The quantitative estimate of drug-likeness (QED) is 0.655. The predicted octanol–water partition coefficient (Wildman–Crippen LogP) is 4.42. The highest BCUT2D eigenvalue weighted by Gasteiger charge is 2.17. The molecule has 2 aromatic carbocycles. The Labute approximate surface area is 150 Å². The summed E-state index contributed by atoms with van der Waals surface area (Å²) >= 11 is 7.14. The molecule has 7 heteroatoms. The van der Waals surface area contributed by atoms with Crippen molar-refractivity contribution in [3.63, 3.8) is 0 Å². The highest BCUT2D eigenvalue weighted by Crippen LogP contribution is 2.40. The second-order valence-electron chi connectivity index (χ2n) is 4.75. The van der Waals surface area contributed by atoms with Gasteiger partial charge < -0.3 is 15.2 Å². The van der Waals surface area contributed by atoms with Crippen molar-refractivity contribution in [2.24, 2.45) is 0 Å². The summed E-state index contributed by atoms with van der Waals surface area (Å²) in [5.74, 6) is 1.40. The largest absolute Gasteiger partial charge is 0.493 e. The lowest BCUT2D eigenvalue weighted by molar-refractivity contribution is 0.356. The molecule has 0 aliphatic carbocycles. The monoisotopic (exact) mass is 437 g/mol. The third-order valence-electron chi connectivity index (χ3n) is 3.42. The van der Waals surface area contributed by atoms with Crippen LogP contribution in [0, 0.1) is 0 Å². The second-order valence-corrected chi connectivity index (χ2v) is 6.46. The van der Waals surface area contributed by atoms with E-state index >= 15 is 0 Å². The molecule has 3 rings (SSSR count). The minimum atomic E-state index is 0.197. The molecule has 1 heterocycles. The number of halogens is 2. The van der Waals surface area contributed by atoms with Crippen LogP contribution in [0.5, 0.6) is 11.5 Å². The molecule has 2 N–H and O–H groups in total. The van der Waals surface area contributed by atoms with E-state index in [4.69, 9.17) is 15.2 Å². The molecule has 0 amide bonds. The molecule has 23 heavy (non-hydrogen) atoms. The summed E-state index contributed by atoms with van der Waals surface area (Å²) in [4.78, 5) is 8.74. The van der Waals surface area contributed by atoms with Gasteiger partial charge >= 0.3 is 0 Å². The van der Waals surface area contributed by atoms with Gasteiger partial charge in [0.05, 0.1) is 25.4 Å². The summed E-state index contributed by atoms with van der Waals surface area (Å²) < 4.78 is 12.5. The lowest BCUT2D eigenvalue weighted by Gasteiger charge is -2.13. The van der Waals surface area contributed by atoms with Gasteiger partial charge in [-0.2, -0.15) is 0 Å². The molecule has 0 aliphatic rings. The lowest BCUT2D eigenvalue weighted by atomic mass is 10.1. The van der Waals surface area contributed by atoms with Crippen LogP contribution >= 0.6 is 31.9 Å². The Balaban J connectivity index is 2.41. The van der Waals surface area contributed by atoms with Crippen molar-refractivity contribution in [2.45, 2.75) is 0 Å². The molecule has 0 fully saturated rings. The van der Waals surface area contributed by atoms with Crippen LogP contribution in [0.25, 0.3) is 22.2 Å². The summed E-state index contributed by atoms with van der Waals surface area (Å²) in [6.45, 7) is 0. The third kappa shape index (κ3) is 2.86. The minimum Gasteiger partial charge on any atom is -0.493 e. The first-order chi connectivity index (χ1) is 11.0. The highest BCUT2D eigenvalue weighted by atomic mass is 79.9. The number of nitrogens with two attached hydrogens (primary N) is 1. The number of hydrogen-bond acceptors (Lipinski definition) is 5. The zero-order valence-corrected chi connectivity index (χ0v) is 15.6. The minimum absolute atomic E-state index is 0.197. The summed E-state index contributed by atoms with van der Waals surface area (Å²) in [6, 6.07) is 9.49. The molecule has 5 nitrogen and oxygen atoms in total. The van der Waals surface area contributed by atoms with Crippen LogP contribution in [0.1, 0.15) is 0 Å². The van der Waals surface area contributed by atoms with Gasteiger partial charge in [0, 0.05) is 26.0 Å². The molecule has 3 aromatic rings. The number of hydrogen-bond donors (Lipinski definition) is 1. The van der Waals surface area contributed by atoms with Crippen molar-refractivity contribution < 1.29 is 9.47 Å². The number of nitrogen functional groups attached to an aromatic ring is 1. The molecule has 0 bridgehead atoms. The molecule has 0 unspecified atom stereocenters. The van der Waals surface area contributed by atoms with Crippen LogP contribution in [0.3, 0.4) is 0 Å². The fourth-order valence-electron chi connectivity index (χ4n) is 2.39. The summed E-state index contributed by atoms with van der Waals surface area (Å²) in [7, 11) is 3.18. The Morgan fingerprint density at radius 3 is 2.17 bits per heavy atom. The summed E-state index contributed by atoms with van der Waals surface area (Å²) in [5.41, 5.74) is 8.20. The van der Waals surface area contributed by atoms with Crippen LogP contribution < -0.4 is 15.2 Å². The molecule has 0 saturated carbocycles. The standard InChI is InChI=1S/C16H13Br2N3O2/c1-22-12-6-8-11(7-13(12)23-2)20-16(19)21-15(8)14-9(17)4-3-5-10(14)18/h3-7H,1-2H3,(H2,19,20,21). The van der Waals surface area contributed by atoms with E-state index in [-0.39, 0.29) is 5.95 Å². The van der Waals surface area contributed by atoms with Gasteiger partial charge in [0.25, 0.3) is 0 Å². The molecule has 0 aliphatic heterocycles. The predicted molar refractivity (Wildman–Crippen MR) is 97.9 cm³/mol. The smallest absolute Gasteiger partial charge is 0.221 e.